The summed E-state index contributed by atoms with van der Waals surface area (Å²) in [4.78, 5) is 19.3. The lowest BCUT2D eigenvalue weighted by atomic mass is 10.0. The standard InChI is InChI=1S/C23H22FN7O4/c1-34-17-10-14(15(24)11-18(17)35-2)19(28-13-7-5-12(6-8-13)20(25)26)21-29-23(33)31(30-21)22-16(32)4-3-9-27-22/h3-11,19,28,32H,1-2H3,(H3,25,26)(H,29,30,33). The number of H-pyrrole nitrogens is 1. The van der Waals surface area contributed by atoms with Crippen molar-refractivity contribution in [2.75, 3.05) is 19.5 Å². The molecule has 2 aromatic carbocycles. The number of nitrogens with one attached hydrogen (secondary N) is 3. The molecular weight excluding hydrogens is 457 g/mol. The van der Waals surface area contributed by atoms with Crippen LogP contribution >= 0.6 is 0 Å². The van der Waals surface area contributed by atoms with Crippen LogP contribution in [-0.2, 0) is 0 Å². The van der Waals surface area contributed by atoms with E-state index in [0.29, 0.717) is 11.3 Å². The summed E-state index contributed by atoms with van der Waals surface area (Å²) in [6.07, 6.45) is 1.40. The predicted molar refractivity (Wildman–Crippen MR) is 126 cm³/mol. The van der Waals surface area contributed by atoms with Crippen LogP contribution in [0, 0.1) is 11.2 Å². The number of rotatable bonds is 8. The molecule has 0 aliphatic rings. The van der Waals surface area contributed by atoms with Gasteiger partial charge in [0.25, 0.3) is 0 Å². The van der Waals surface area contributed by atoms with Crippen molar-refractivity contribution in [2.45, 2.75) is 6.04 Å². The number of aromatic amines is 1. The summed E-state index contributed by atoms with van der Waals surface area (Å²) in [5.41, 5.74) is 5.98. The van der Waals surface area contributed by atoms with E-state index in [2.05, 4.69) is 20.4 Å². The van der Waals surface area contributed by atoms with E-state index in [1.165, 1.54) is 44.7 Å². The highest BCUT2D eigenvalue weighted by atomic mass is 19.1. The summed E-state index contributed by atoms with van der Waals surface area (Å²) in [5, 5.41) is 25.1. The molecule has 0 radical (unpaired) electrons. The summed E-state index contributed by atoms with van der Waals surface area (Å²) in [7, 11) is 2.81. The Labute approximate surface area is 198 Å². The molecule has 4 aromatic rings. The first-order valence-electron chi connectivity index (χ1n) is 10.3. The lowest BCUT2D eigenvalue weighted by molar-refractivity contribution is 0.351. The number of methoxy groups -OCH3 is 2. The number of halogens is 1. The van der Waals surface area contributed by atoms with E-state index in [-0.39, 0.29) is 40.3 Å². The van der Waals surface area contributed by atoms with E-state index in [1.54, 1.807) is 24.3 Å². The maximum atomic E-state index is 15.3. The van der Waals surface area contributed by atoms with Crippen molar-refractivity contribution in [3.63, 3.8) is 0 Å². The maximum Gasteiger partial charge on any atom is 0.349 e. The lowest BCUT2D eigenvalue weighted by Gasteiger charge is -2.20. The van der Waals surface area contributed by atoms with Gasteiger partial charge in [-0.2, -0.15) is 4.68 Å². The molecule has 0 fully saturated rings. The molecule has 2 aromatic heterocycles. The van der Waals surface area contributed by atoms with E-state index in [0.717, 1.165) is 4.68 Å². The Bertz CT molecular complexity index is 1430. The third-order valence-corrected chi connectivity index (χ3v) is 5.20. The topological polar surface area (TPSA) is 164 Å². The second kappa shape index (κ2) is 9.55. The quantitative estimate of drug-likeness (QED) is 0.190. The van der Waals surface area contributed by atoms with Crippen LogP contribution in [-0.4, -0.2) is 44.9 Å². The number of nitrogens with zero attached hydrogens (tertiary/aromatic N) is 3. The Kier molecular flexibility index (Phi) is 6.36. The fraction of sp³-hybridized carbons (Fsp3) is 0.130. The summed E-state index contributed by atoms with van der Waals surface area (Å²) in [5.74, 6) is -0.579. The van der Waals surface area contributed by atoms with Gasteiger partial charge in [-0.05, 0) is 42.5 Å². The monoisotopic (exact) mass is 479 g/mol. The Balaban J connectivity index is 1.84. The van der Waals surface area contributed by atoms with Crippen LogP contribution in [0.3, 0.4) is 0 Å². The average Bonchev–Trinajstić information content (AvgIpc) is 3.24. The van der Waals surface area contributed by atoms with Gasteiger partial charge < -0.3 is 25.6 Å². The van der Waals surface area contributed by atoms with Gasteiger partial charge in [0.1, 0.15) is 17.7 Å². The summed E-state index contributed by atoms with van der Waals surface area (Å²) in [6.45, 7) is 0. The Morgan fingerprint density at radius 1 is 1.20 bits per heavy atom. The van der Waals surface area contributed by atoms with Crippen molar-refractivity contribution >= 4 is 11.5 Å². The number of hydrogen-bond donors (Lipinski definition) is 5. The number of hydrogen-bond acceptors (Lipinski definition) is 8. The largest absolute Gasteiger partial charge is 0.504 e. The number of nitrogens with two attached hydrogens (primary N) is 1. The minimum Gasteiger partial charge on any atom is -0.504 e. The molecule has 12 heteroatoms. The van der Waals surface area contributed by atoms with Gasteiger partial charge in [-0.15, -0.1) is 5.10 Å². The van der Waals surface area contributed by atoms with Crippen LogP contribution in [0.15, 0.2) is 59.5 Å². The van der Waals surface area contributed by atoms with Crippen LogP contribution in [0.4, 0.5) is 10.1 Å². The fourth-order valence-electron chi connectivity index (χ4n) is 3.46. The van der Waals surface area contributed by atoms with E-state index < -0.39 is 17.5 Å². The van der Waals surface area contributed by atoms with Crippen LogP contribution in [0.5, 0.6) is 17.2 Å². The number of amidine groups is 1. The van der Waals surface area contributed by atoms with E-state index >= 15 is 4.39 Å². The van der Waals surface area contributed by atoms with E-state index in [9.17, 15) is 9.90 Å². The zero-order valence-electron chi connectivity index (χ0n) is 18.7. The molecule has 11 nitrogen and oxygen atoms in total. The molecule has 1 unspecified atom stereocenters. The van der Waals surface area contributed by atoms with Gasteiger partial charge in [0, 0.05) is 29.1 Å². The number of aromatic hydroxyl groups is 1. The molecule has 0 saturated carbocycles. The number of pyridine rings is 1. The summed E-state index contributed by atoms with van der Waals surface area (Å²) in [6, 6.07) is 11.0. The highest BCUT2D eigenvalue weighted by molar-refractivity contribution is 5.95. The molecule has 0 bridgehead atoms. The smallest absolute Gasteiger partial charge is 0.349 e. The van der Waals surface area contributed by atoms with Crippen molar-refractivity contribution in [3.8, 4) is 23.1 Å². The molecule has 35 heavy (non-hydrogen) atoms. The number of aromatic nitrogens is 4. The Morgan fingerprint density at radius 3 is 2.51 bits per heavy atom. The molecule has 4 rings (SSSR count). The normalized spacial score (nSPS) is 11.6. The highest BCUT2D eigenvalue weighted by Crippen LogP contribution is 2.35. The summed E-state index contributed by atoms with van der Waals surface area (Å²) >= 11 is 0. The number of anilines is 1. The summed E-state index contributed by atoms with van der Waals surface area (Å²) < 4.78 is 26.6. The zero-order chi connectivity index (χ0) is 25.1. The van der Waals surface area contributed by atoms with Crippen molar-refractivity contribution in [1.82, 2.24) is 19.7 Å². The van der Waals surface area contributed by atoms with Gasteiger partial charge >= 0.3 is 5.69 Å². The molecule has 0 saturated heterocycles. The average molecular weight is 479 g/mol. The molecule has 6 N–H and O–H groups in total. The first kappa shape index (κ1) is 23.3. The Hall–Kier alpha value is -4.87. The molecule has 180 valence electrons. The molecule has 0 spiro atoms. The number of ether oxygens (including phenoxy) is 2. The SMILES string of the molecule is COc1cc(F)c(C(Nc2ccc(C(=N)N)cc2)c2nn(-c3ncccc3O)c(=O)[nH]2)cc1OC. The van der Waals surface area contributed by atoms with Gasteiger partial charge in [0.2, 0.25) is 5.82 Å². The van der Waals surface area contributed by atoms with Crippen LogP contribution in [0.2, 0.25) is 0 Å². The van der Waals surface area contributed by atoms with E-state index in [4.69, 9.17) is 20.6 Å². The third-order valence-electron chi connectivity index (χ3n) is 5.20. The maximum absolute atomic E-state index is 15.3. The first-order valence-corrected chi connectivity index (χ1v) is 10.3. The predicted octanol–water partition coefficient (Wildman–Crippen LogP) is 2.30. The van der Waals surface area contributed by atoms with Gasteiger partial charge in [0.05, 0.1) is 14.2 Å². The van der Waals surface area contributed by atoms with Crippen molar-refractivity contribution in [2.24, 2.45) is 5.73 Å². The second-order valence-corrected chi connectivity index (χ2v) is 7.37. The van der Waals surface area contributed by atoms with Crippen LogP contribution in [0.1, 0.15) is 23.0 Å². The van der Waals surface area contributed by atoms with E-state index in [1.807, 2.05) is 0 Å². The number of benzene rings is 2. The van der Waals surface area contributed by atoms with Crippen molar-refractivity contribution < 1.29 is 19.0 Å². The molecule has 1 atom stereocenters. The first-order chi connectivity index (χ1) is 16.8. The fourth-order valence-corrected chi connectivity index (χ4v) is 3.46. The van der Waals surface area contributed by atoms with Crippen LogP contribution in [0.25, 0.3) is 5.82 Å². The third kappa shape index (κ3) is 4.62. The minimum atomic E-state index is -1.00. The van der Waals surface area contributed by atoms with Gasteiger partial charge in [-0.25, -0.2) is 14.2 Å². The molecule has 2 heterocycles. The second-order valence-electron chi connectivity index (χ2n) is 7.37. The molecule has 0 aliphatic carbocycles. The van der Waals surface area contributed by atoms with Gasteiger partial charge in [0.15, 0.2) is 23.1 Å². The highest BCUT2D eigenvalue weighted by Gasteiger charge is 2.26. The lowest BCUT2D eigenvalue weighted by Crippen LogP contribution is -2.17. The minimum absolute atomic E-state index is 0.0433. The van der Waals surface area contributed by atoms with Crippen molar-refractivity contribution in [3.05, 3.63) is 88.0 Å². The van der Waals surface area contributed by atoms with Gasteiger partial charge in [-0.3, -0.25) is 10.4 Å². The van der Waals surface area contributed by atoms with Crippen LogP contribution < -0.4 is 26.2 Å². The molecular formula is C23H22FN7O4. The zero-order valence-corrected chi connectivity index (χ0v) is 18.7. The van der Waals surface area contributed by atoms with Gasteiger partial charge in [-0.1, -0.05) is 0 Å². The van der Waals surface area contributed by atoms with Crippen molar-refractivity contribution in [1.29, 1.82) is 5.41 Å². The molecule has 0 aliphatic heterocycles. The number of nitrogen functional groups attached to an aromatic ring is 1. The molecule has 0 amide bonds. The Morgan fingerprint density at radius 2 is 1.89 bits per heavy atom.